The first-order valence-electron chi connectivity index (χ1n) is 9.62. The van der Waals surface area contributed by atoms with E-state index in [1.54, 1.807) is 0 Å². The normalized spacial score (nSPS) is 10.9. The molecule has 132 valence electrons. The van der Waals surface area contributed by atoms with Crippen molar-refractivity contribution in [3.63, 3.8) is 0 Å². The Morgan fingerprint density at radius 2 is 0.679 bits per heavy atom. The summed E-state index contributed by atoms with van der Waals surface area (Å²) in [6.45, 7) is 4.30. The van der Waals surface area contributed by atoms with Crippen LogP contribution >= 0.6 is 0 Å². The number of hydrogen-bond acceptors (Lipinski definition) is 0. The zero-order valence-corrected chi connectivity index (χ0v) is 19.0. The van der Waals surface area contributed by atoms with Crippen LogP contribution in [0.4, 0.5) is 0 Å². The summed E-state index contributed by atoms with van der Waals surface area (Å²) in [4.78, 5) is 0. The summed E-state index contributed by atoms with van der Waals surface area (Å²) in [5.41, 5.74) is 7.96. The molecule has 0 aliphatic rings. The van der Waals surface area contributed by atoms with Crippen molar-refractivity contribution in [3.8, 4) is 0 Å². The molecule has 0 unspecified atom stereocenters. The Morgan fingerprint density at radius 1 is 0.393 bits per heavy atom. The largest absolute Gasteiger partial charge is 1.00 e. The van der Waals surface area contributed by atoms with Crippen LogP contribution in [0.1, 0.15) is 11.1 Å². The number of rotatable bonds is 4. The maximum atomic E-state index is 2.30. The molecular weight excluding hydrogens is 346 g/mol. The van der Waals surface area contributed by atoms with Crippen molar-refractivity contribution in [3.05, 3.63) is 120 Å². The van der Waals surface area contributed by atoms with Crippen molar-refractivity contribution in [1.82, 2.24) is 0 Å². The Bertz CT molecular complexity index is 920. The minimum absolute atomic E-state index is 0. The Kier molecular flexibility index (Phi) is 6.62. The summed E-state index contributed by atoms with van der Waals surface area (Å²) in [6.07, 6.45) is -1.24. The molecule has 2 heteroatoms. The molecule has 4 aromatic carbocycles. The average Bonchev–Trinajstić information content (AvgIpc) is 2.73. The maximum Gasteiger partial charge on any atom is 1.00 e. The third-order valence-electron chi connectivity index (χ3n) is 5.75. The van der Waals surface area contributed by atoms with E-state index in [1.807, 2.05) is 0 Å². The van der Waals surface area contributed by atoms with E-state index in [-0.39, 0.29) is 29.6 Å². The summed E-state index contributed by atoms with van der Waals surface area (Å²) >= 11 is 0. The molecule has 0 amide bonds. The predicted octanol–water partition coefficient (Wildman–Crippen LogP) is 0.685. The van der Waals surface area contributed by atoms with Crippen LogP contribution < -0.4 is 51.4 Å². The molecule has 0 radical (unpaired) electrons. The standard InChI is InChI=1S/C26H24B.Na/c1-21-13-17-25(18-14-21)27(23-9-5-3-6-10-23,24-11-7-4-8-12-24)26-19-15-22(2)16-20-26;/h3-20H,1-2H3;/q-1;+1. The molecular formula is C26H24BNa. The van der Waals surface area contributed by atoms with Crippen LogP contribution in [0.3, 0.4) is 0 Å². The molecule has 0 saturated heterocycles. The third kappa shape index (κ3) is 3.75. The molecule has 0 bridgehead atoms. The van der Waals surface area contributed by atoms with Gasteiger partial charge >= 0.3 is 29.6 Å². The summed E-state index contributed by atoms with van der Waals surface area (Å²) in [5.74, 6) is 0. The minimum atomic E-state index is -1.24. The maximum absolute atomic E-state index is 2.30. The topological polar surface area (TPSA) is 0 Å². The SMILES string of the molecule is Cc1ccc([B-](c2ccccc2)(c2ccccc2)c2ccc(C)cc2)cc1.[Na+]. The fourth-order valence-corrected chi connectivity index (χ4v) is 4.35. The van der Waals surface area contributed by atoms with Crippen LogP contribution in [-0.2, 0) is 0 Å². The van der Waals surface area contributed by atoms with Gasteiger partial charge in [0.05, 0.1) is 0 Å². The second kappa shape index (κ2) is 8.96. The van der Waals surface area contributed by atoms with E-state index < -0.39 is 6.15 Å². The van der Waals surface area contributed by atoms with Crippen LogP contribution in [0, 0.1) is 13.8 Å². The van der Waals surface area contributed by atoms with Gasteiger partial charge < -0.3 is 0 Å². The van der Waals surface area contributed by atoms with Crippen molar-refractivity contribution < 1.29 is 29.6 Å². The van der Waals surface area contributed by atoms with Crippen LogP contribution in [0.15, 0.2) is 109 Å². The molecule has 0 nitrogen and oxygen atoms in total. The summed E-state index contributed by atoms with van der Waals surface area (Å²) in [5, 5.41) is 0. The van der Waals surface area contributed by atoms with Crippen LogP contribution in [0.2, 0.25) is 0 Å². The number of hydrogen-bond donors (Lipinski definition) is 0. The van der Waals surface area contributed by atoms with Gasteiger partial charge in [0.2, 0.25) is 0 Å². The minimum Gasteiger partial charge on any atom is -0.195 e. The monoisotopic (exact) mass is 370 g/mol. The molecule has 0 spiro atoms. The van der Waals surface area contributed by atoms with Gasteiger partial charge in [-0.1, -0.05) is 120 Å². The van der Waals surface area contributed by atoms with Gasteiger partial charge in [-0.05, 0) is 13.8 Å². The summed E-state index contributed by atoms with van der Waals surface area (Å²) < 4.78 is 0. The molecule has 0 aromatic heterocycles. The molecule has 0 heterocycles. The van der Waals surface area contributed by atoms with Gasteiger partial charge in [0, 0.05) is 0 Å². The van der Waals surface area contributed by atoms with Gasteiger partial charge in [-0.3, -0.25) is 0 Å². The van der Waals surface area contributed by atoms with E-state index in [9.17, 15) is 0 Å². The second-order valence-electron chi connectivity index (χ2n) is 7.51. The fourth-order valence-electron chi connectivity index (χ4n) is 4.35. The molecule has 0 aliphatic carbocycles. The Balaban J connectivity index is 0.00000225. The number of benzene rings is 4. The molecule has 0 N–H and O–H groups in total. The molecule has 0 atom stereocenters. The summed E-state index contributed by atoms with van der Waals surface area (Å²) in [7, 11) is 0. The van der Waals surface area contributed by atoms with Gasteiger partial charge in [-0.25, -0.2) is 0 Å². The van der Waals surface area contributed by atoms with Crippen molar-refractivity contribution in [1.29, 1.82) is 0 Å². The Hall–Kier alpha value is -2.06. The second-order valence-corrected chi connectivity index (χ2v) is 7.51. The Morgan fingerprint density at radius 3 is 1.00 bits per heavy atom. The zero-order chi connectivity index (χ0) is 18.7. The molecule has 0 saturated carbocycles. The van der Waals surface area contributed by atoms with E-state index in [4.69, 9.17) is 0 Å². The smallest absolute Gasteiger partial charge is 0.195 e. The first-order chi connectivity index (χ1) is 13.2. The molecule has 0 aliphatic heterocycles. The average molecular weight is 370 g/mol. The van der Waals surface area contributed by atoms with Crippen LogP contribution in [0.25, 0.3) is 0 Å². The van der Waals surface area contributed by atoms with Gasteiger partial charge in [-0.2, -0.15) is 21.9 Å². The predicted molar refractivity (Wildman–Crippen MR) is 120 cm³/mol. The number of aryl methyl sites for hydroxylation is 2. The van der Waals surface area contributed by atoms with E-state index in [1.165, 1.54) is 33.0 Å². The summed E-state index contributed by atoms with van der Waals surface area (Å²) in [6, 6.07) is 40.0. The van der Waals surface area contributed by atoms with Crippen LogP contribution in [0.5, 0.6) is 0 Å². The molecule has 28 heavy (non-hydrogen) atoms. The van der Waals surface area contributed by atoms with Crippen LogP contribution in [-0.4, -0.2) is 6.15 Å². The van der Waals surface area contributed by atoms with E-state index >= 15 is 0 Å². The van der Waals surface area contributed by atoms with Gasteiger partial charge in [0.1, 0.15) is 6.15 Å². The fraction of sp³-hybridized carbons (Fsp3) is 0.0769. The Labute approximate surface area is 190 Å². The van der Waals surface area contributed by atoms with Gasteiger partial charge in [0.15, 0.2) is 0 Å². The molecule has 4 aromatic rings. The first kappa shape index (κ1) is 20.7. The molecule has 0 fully saturated rings. The molecule has 4 rings (SSSR count). The zero-order valence-electron chi connectivity index (χ0n) is 17.0. The van der Waals surface area contributed by atoms with Crippen molar-refractivity contribution in [2.75, 3.05) is 0 Å². The third-order valence-corrected chi connectivity index (χ3v) is 5.75. The first-order valence-corrected chi connectivity index (χ1v) is 9.62. The quantitative estimate of drug-likeness (QED) is 0.464. The van der Waals surface area contributed by atoms with E-state index in [0.717, 1.165) is 0 Å². The van der Waals surface area contributed by atoms with E-state index in [0.29, 0.717) is 0 Å². The van der Waals surface area contributed by atoms with Crippen molar-refractivity contribution in [2.24, 2.45) is 0 Å². The van der Waals surface area contributed by atoms with Gasteiger partial charge in [0.25, 0.3) is 0 Å². The van der Waals surface area contributed by atoms with Crippen molar-refractivity contribution >= 4 is 28.0 Å². The van der Waals surface area contributed by atoms with Gasteiger partial charge in [-0.15, -0.1) is 0 Å². The van der Waals surface area contributed by atoms with Crippen molar-refractivity contribution in [2.45, 2.75) is 13.8 Å². The van der Waals surface area contributed by atoms with E-state index in [2.05, 4.69) is 123 Å².